The van der Waals surface area contributed by atoms with Gasteiger partial charge in [-0.25, -0.2) is 8.42 Å². The standard InChI is InChI=1S/C12H18ClNO2S2/c1-18(15,16)8-2-3-11(14)9-17-12-6-4-10(13)5-7-12/h4-7,11H,2-3,8-9,14H2,1H3. The molecule has 1 atom stereocenters. The fourth-order valence-corrected chi connectivity index (χ4v) is 3.14. The van der Waals surface area contributed by atoms with Crippen molar-refractivity contribution >= 4 is 33.2 Å². The molecule has 1 aromatic rings. The van der Waals surface area contributed by atoms with Gasteiger partial charge < -0.3 is 5.73 Å². The number of rotatable bonds is 7. The Bertz CT molecular complexity index is 459. The van der Waals surface area contributed by atoms with Gasteiger partial charge in [-0.15, -0.1) is 11.8 Å². The van der Waals surface area contributed by atoms with Crippen LogP contribution in [0.15, 0.2) is 29.2 Å². The average Bonchev–Trinajstić information content (AvgIpc) is 2.26. The molecule has 0 radical (unpaired) electrons. The maximum atomic E-state index is 11.0. The Morgan fingerprint density at radius 1 is 1.33 bits per heavy atom. The second kappa shape index (κ2) is 7.38. The highest BCUT2D eigenvalue weighted by molar-refractivity contribution is 7.99. The molecule has 102 valence electrons. The van der Waals surface area contributed by atoms with Gasteiger partial charge >= 0.3 is 0 Å². The van der Waals surface area contributed by atoms with Crippen LogP contribution >= 0.6 is 23.4 Å². The number of nitrogens with two attached hydrogens (primary N) is 1. The van der Waals surface area contributed by atoms with Crippen LogP contribution in [0, 0.1) is 0 Å². The van der Waals surface area contributed by atoms with Gasteiger partial charge in [0.2, 0.25) is 0 Å². The fraction of sp³-hybridized carbons (Fsp3) is 0.500. The summed E-state index contributed by atoms with van der Waals surface area (Å²) in [5.41, 5.74) is 5.94. The van der Waals surface area contributed by atoms with Crippen molar-refractivity contribution in [3.8, 4) is 0 Å². The fourth-order valence-electron chi connectivity index (χ4n) is 1.43. The highest BCUT2D eigenvalue weighted by Crippen LogP contribution is 2.21. The van der Waals surface area contributed by atoms with Crippen LogP contribution in [0.1, 0.15) is 12.8 Å². The van der Waals surface area contributed by atoms with E-state index in [1.165, 1.54) is 6.26 Å². The highest BCUT2D eigenvalue weighted by atomic mass is 35.5. The van der Waals surface area contributed by atoms with E-state index >= 15 is 0 Å². The number of sulfone groups is 1. The molecule has 0 aromatic heterocycles. The third-order valence-electron chi connectivity index (χ3n) is 2.37. The van der Waals surface area contributed by atoms with Crippen LogP contribution in [0.3, 0.4) is 0 Å². The molecule has 0 fully saturated rings. The van der Waals surface area contributed by atoms with Gasteiger partial charge in [0.05, 0.1) is 0 Å². The first-order valence-corrected chi connectivity index (χ1v) is 9.11. The zero-order valence-electron chi connectivity index (χ0n) is 10.3. The number of halogens is 1. The third kappa shape index (κ3) is 7.26. The normalized spacial score (nSPS) is 13.5. The number of benzene rings is 1. The summed E-state index contributed by atoms with van der Waals surface area (Å²) in [7, 11) is -2.87. The van der Waals surface area contributed by atoms with Crippen LogP contribution in [0.4, 0.5) is 0 Å². The number of thioether (sulfide) groups is 1. The van der Waals surface area contributed by atoms with Crippen molar-refractivity contribution in [2.45, 2.75) is 23.8 Å². The Labute approximate surface area is 118 Å². The molecular weight excluding hydrogens is 290 g/mol. The monoisotopic (exact) mass is 307 g/mol. The summed E-state index contributed by atoms with van der Waals surface area (Å²) in [6.07, 6.45) is 2.61. The molecule has 0 amide bonds. The van der Waals surface area contributed by atoms with Crippen molar-refractivity contribution in [3.05, 3.63) is 29.3 Å². The molecule has 2 N–H and O–H groups in total. The van der Waals surface area contributed by atoms with Crippen LogP contribution in [0.5, 0.6) is 0 Å². The molecule has 0 heterocycles. The van der Waals surface area contributed by atoms with Gasteiger partial charge in [-0.1, -0.05) is 11.6 Å². The summed E-state index contributed by atoms with van der Waals surface area (Å²) >= 11 is 7.46. The summed E-state index contributed by atoms with van der Waals surface area (Å²) in [6, 6.07) is 7.62. The second-order valence-electron chi connectivity index (χ2n) is 4.30. The second-order valence-corrected chi connectivity index (χ2v) is 8.09. The Balaban J connectivity index is 2.24. The molecule has 0 saturated heterocycles. The first kappa shape index (κ1) is 15.8. The molecule has 0 bridgehead atoms. The zero-order chi connectivity index (χ0) is 13.6. The summed E-state index contributed by atoms with van der Waals surface area (Å²) in [6.45, 7) is 0. The van der Waals surface area contributed by atoms with E-state index in [9.17, 15) is 8.42 Å². The molecule has 0 aliphatic carbocycles. The summed E-state index contributed by atoms with van der Waals surface area (Å²) < 4.78 is 21.9. The molecule has 3 nitrogen and oxygen atoms in total. The highest BCUT2D eigenvalue weighted by Gasteiger charge is 2.07. The van der Waals surface area contributed by atoms with Crippen LogP contribution in [-0.2, 0) is 9.84 Å². The van der Waals surface area contributed by atoms with Crippen LogP contribution in [-0.4, -0.2) is 32.2 Å². The predicted molar refractivity (Wildman–Crippen MR) is 79.1 cm³/mol. The zero-order valence-corrected chi connectivity index (χ0v) is 12.7. The largest absolute Gasteiger partial charge is 0.327 e. The number of hydrogen-bond donors (Lipinski definition) is 1. The van der Waals surface area contributed by atoms with Crippen LogP contribution in [0.25, 0.3) is 0 Å². The van der Waals surface area contributed by atoms with E-state index in [0.29, 0.717) is 6.42 Å². The van der Waals surface area contributed by atoms with Gasteiger partial charge in [0, 0.05) is 33.7 Å². The van der Waals surface area contributed by atoms with Gasteiger partial charge in [0.15, 0.2) is 0 Å². The van der Waals surface area contributed by atoms with Crippen molar-refractivity contribution in [2.24, 2.45) is 5.73 Å². The minimum atomic E-state index is -2.87. The van der Waals surface area contributed by atoms with E-state index in [-0.39, 0.29) is 11.8 Å². The number of hydrogen-bond acceptors (Lipinski definition) is 4. The van der Waals surface area contributed by atoms with Crippen molar-refractivity contribution < 1.29 is 8.42 Å². The van der Waals surface area contributed by atoms with Gasteiger partial charge in [0.1, 0.15) is 9.84 Å². The molecule has 0 aliphatic rings. The Hall–Kier alpha value is -0.230. The summed E-state index contributed by atoms with van der Waals surface area (Å²) in [4.78, 5) is 1.12. The molecule has 0 aliphatic heterocycles. The van der Waals surface area contributed by atoms with Gasteiger partial charge in [0.25, 0.3) is 0 Å². The van der Waals surface area contributed by atoms with Gasteiger partial charge in [-0.3, -0.25) is 0 Å². The maximum Gasteiger partial charge on any atom is 0.147 e. The summed E-state index contributed by atoms with van der Waals surface area (Å²) in [5, 5.41) is 0.719. The molecule has 18 heavy (non-hydrogen) atoms. The molecule has 0 spiro atoms. The topological polar surface area (TPSA) is 60.2 Å². The van der Waals surface area contributed by atoms with Crippen molar-refractivity contribution in [1.82, 2.24) is 0 Å². The third-order valence-corrected chi connectivity index (χ3v) is 4.85. The van der Waals surface area contributed by atoms with E-state index in [1.807, 2.05) is 24.3 Å². The smallest absolute Gasteiger partial charge is 0.147 e. The van der Waals surface area contributed by atoms with Crippen molar-refractivity contribution in [2.75, 3.05) is 17.8 Å². The Kier molecular flexibility index (Phi) is 6.49. The SMILES string of the molecule is CS(=O)(=O)CCCC(N)CSc1ccc(Cl)cc1. The Morgan fingerprint density at radius 2 is 1.94 bits per heavy atom. The molecule has 6 heteroatoms. The van der Waals surface area contributed by atoms with E-state index in [0.717, 1.165) is 22.1 Å². The lowest BCUT2D eigenvalue weighted by Crippen LogP contribution is -2.23. The van der Waals surface area contributed by atoms with Gasteiger partial charge in [-0.2, -0.15) is 0 Å². The van der Waals surface area contributed by atoms with Crippen LogP contribution in [0.2, 0.25) is 5.02 Å². The van der Waals surface area contributed by atoms with E-state index in [4.69, 9.17) is 17.3 Å². The first-order chi connectivity index (χ1) is 8.37. The van der Waals surface area contributed by atoms with Crippen LogP contribution < -0.4 is 5.73 Å². The van der Waals surface area contributed by atoms with E-state index < -0.39 is 9.84 Å². The molecule has 0 saturated carbocycles. The average molecular weight is 308 g/mol. The lowest BCUT2D eigenvalue weighted by Gasteiger charge is -2.10. The molecular formula is C12H18ClNO2S2. The molecule has 1 unspecified atom stereocenters. The molecule has 1 rings (SSSR count). The van der Waals surface area contributed by atoms with E-state index in [1.54, 1.807) is 11.8 Å². The van der Waals surface area contributed by atoms with Crippen molar-refractivity contribution in [3.63, 3.8) is 0 Å². The minimum Gasteiger partial charge on any atom is -0.327 e. The predicted octanol–water partition coefficient (Wildman–Crippen LogP) is 2.58. The van der Waals surface area contributed by atoms with Gasteiger partial charge in [-0.05, 0) is 37.1 Å². The lowest BCUT2D eigenvalue weighted by atomic mass is 10.2. The maximum absolute atomic E-state index is 11.0. The summed E-state index contributed by atoms with van der Waals surface area (Å²) in [5.74, 6) is 0.998. The lowest BCUT2D eigenvalue weighted by molar-refractivity contribution is 0.591. The van der Waals surface area contributed by atoms with Crippen molar-refractivity contribution in [1.29, 1.82) is 0 Å². The molecule has 1 aromatic carbocycles. The van der Waals surface area contributed by atoms with E-state index in [2.05, 4.69) is 0 Å². The first-order valence-electron chi connectivity index (χ1n) is 5.68. The minimum absolute atomic E-state index is 0.0208. The quantitative estimate of drug-likeness (QED) is 0.787. The Morgan fingerprint density at radius 3 is 2.50 bits per heavy atom.